The number of nitrogens with zero attached hydrogens (tertiary/aromatic N) is 1. The SMILES string of the molecule is CC(CN(C(=O)CS(=O)(=O)CCCc1ccccc1)C1CC1)C(=O)O. The van der Waals surface area contributed by atoms with Gasteiger partial charge in [-0.1, -0.05) is 37.3 Å². The molecule has 1 unspecified atom stereocenters. The number of hydrogen-bond donors (Lipinski definition) is 1. The number of hydrogen-bond acceptors (Lipinski definition) is 4. The van der Waals surface area contributed by atoms with Gasteiger partial charge in [-0.25, -0.2) is 8.42 Å². The molecule has 1 saturated carbocycles. The second kappa shape index (κ2) is 8.47. The Morgan fingerprint density at radius 1 is 1.24 bits per heavy atom. The monoisotopic (exact) mass is 367 g/mol. The summed E-state index contributed by atoms with van der Waals surface area (Å²) in [5.41, 5.74) is 1.07. The highest BCUT2D eigenvalue weighted by molar-refractivity contribution is 7.92. The Kier molecular flexibility index (Phi) is 6.58. The second-order valence-corrected chi connectivity index (χ2v) is 8.88. The smallest absolute Gasteiger partial charge is 0.308 e. The molecule has 1 fully saturated rings. The summed E-state index contributed by atoms with van der Waals surface area (Å²) in [7, 11) is -3.50. The zero-order chi connectivity index (χ0) is 18.4. The molecule has 1 aromatic rings. The molecule has 1 aliphatic rings. The van der Waals surface area contributed by atoms with Crippen molar-refractivity contribution in [3.8, 4) is 0 Å². The Morgan fingerprint density at radius 3 is 2.44 bits per heavy atom. The van der Waals surface area contributed by atoms with E-state index in [4.69, 9.17) is 5.11 Å². The Labute approximate surface area is 148 Å². The van der Waals surface area contributed by atoms with Gasteiger partial charge in [-0.15, -0.1) is 0 Å². The maximum Gasteiger partial charge on any atom is 0.308 e. The van der Waals surface area contributed by atoms with Gasteiger partial charge in [0.25, 0.3) is 0 Å². The number of rotatable bonds is 10. The van der Waals surface area contributed by atoms with Gasteiger partial charge in [0.05, 0.1) is 11.7 Å². The number of carboxylic acids is 1. The number of carbonyl (C=O) groups excluding carboxylic acids is 1. The van der Waals surface area contributed by atoms with E-state index in [-0.39, 0.29) is 18.3 Å². The van der Waals surface area contributed by atoms with Crippen molar-refractivity contribution < 1.29 is 23.1 Å². The van der Waals surface area contributed by atoms with Crippen molar-refractivity contribution in [2.75, 3.05) is 18.1 Å². The maximum atomic E-state index is 12.4. The van der Waals surface area contributed by atoms with E-state index in [1.165, 1.54) is 11.8 Å². The summed E-state index contributed by atoms with van der Waals surface area (Å²) < 4.78 is 24.5. The van der Waals surface area contributed by atoms with Crippen LogP contribution in [0.2, 0.25) is 0 Å². The Hall–Kier alpha value is -1.89. The number of amides is 1. The van der Waals surface area contributed by atoms with Crippen molar-refractivity contribution >= 4 is 21.7 Å². The van der Waals surface area contributed by atoms with E-state index in [1.807, 2.05) is 30.3 Å². The fourth-order valence-electron chi connectivity index (χ4n) is 2.70. The van der Waals surface area contributed by atoms with E-state index < -0.39 is 33.4 Å². The van der Waals surface area contributed by atoms with E-state index in [0.29, 0.717) is 12.8 Å². The van der Waals surface area contributed by atoms with Crippen molar-refractivity contribution in [1.29, 1.82) is 0 Å². The minimum Gasteiger partial charge on any atom is -0.481 e. The first-order valence-corrected chi connectivity index (χ1v) is 10.4. The van der Waals surface area contributed by atoms with E-state index in [0.717, 1.165) is 18.4 Å². The summed E-state index contributed by atoms with van der Waals surface area (Å²) in [4.78, 5) is 24.8. The molecule has 1 atom stereocenters. The van der Waals surface area contributed by atoms with Gasteiger partial charge in [-0.05, 0) is 31.2 Å². The molecule has 1 aromatic carbocycles. The molecule has 1 amide bonds. The van der Waals surface area contributed by atoms with Crippen LogP contribution in [-0.2, 0) is 25.8 Å². The van der Waals surface area contributed by atoms with E-state index in [9.17, 15) is 18.0 Å². The van der Waals surface area contributed by atoms with Gasteiger partial charge >= 0.3 is 5.97 Å². The quantitative estimate of drug-likeness (QED) is 0.680. The number of carboxylic acid groups (broad SMARTS) is 1. The maximum absolute atomic E-state index is 12.4. The second-order valence-electron chi connectivity index (χ2n) is 6.70. The molecule has 0 radical (unpaired) electrons. The van der Waals surface area contributed by atoms with Crippen LogP contribution in [0.5, 0.6) is 0 Å². The molecule has 1 N–H and O–H groups in total. The van der Waals surface area contributed by atoms with Crippen LogP contribution < -0.4 is 0 Å². The molecule has 0 saturated heterocycles. The molecule has 138 valence electrons. The molecule has 6 nitrogen and oxygen atoms in total. The van der Waals surface area contributed by atoms with Gasteiger partial charge in [0.1, 0.15) is 5.75 Å². The Bertz CT molecular complexity index is 697. The summed E-state index contributed by atoms with van der Waals surface area (Å²) in [6.45, 7) is 1.59. The van der Waals surface area contributed by atoms with Crippen molar-refractivity contribution in [1.82, 2.24) is 4.90 Å². The highest BCUT2D eigenvalue weighted by atomic mass is 32.2. The minimum atomic E-state index is -3.50. The molecule has 7 heteroatoms. The van der Waals surface area contributed by atoms with Crippen molar-refractivity contribution in [2.24, 2.45) is 5.92 Å². The number of carbonyl (C=O) groups is 2. The average Bonchev–Trinajstić information content (AvgIpc) is 3.37. The normalized spacial score (nSPS) is 15.6. The molecule has 0 bridgehead atoms. The zero-order valence-corrected chi connectivity index (χ0v) is 15.2. The third kappa shape index (κ3) is 6.49. The van der Waals surface area contributed by atoms with Crippen LogP contribution in [-0.4, -0.2) is 54.4 Å². The molecule has 0 spiro atoms. The highest BCUT2D eigenvalue weighted by Gasteiger charge is 2.35. The summed E-state index contributed by atoms with van der Waals surface area (Å²) in [5.74, 6) is -2.74. The molecule has 0 aliphatic heterocycles. The van der Waals surface area contributed by atoms with Crippen LogP contribution in [0.25, 0.3) is 0 Å². The molecule has 0 heterocycles. The van der Waals surface area contributed by atoms with Crippen LogP contribution >= 0.6 is 0 Å². The lowest BCUT2D eigenvalue weighted by atomic mass is 10.1. The third-order valence-corrected chi connectivity index (χ3v) is 5.90. The van der Waals surface area contributed by atoms with Gasteiger partial charge in [0, 0.05) is 12.6 Å². The number of sulfone groups is 1. The van der Waals surface area contributed by atoms with Gasteiger partial charge in [0.2, 0.25) is 5.91 Å². The largest absolute Gasteiger partial charge is 0.481 e. The summed E-state index contributed by atoms with van der Waals surface area (Å²) in [6, 6.07) is 9.60. The molecular formula is C18H25NO5S. The van der Waals surface area contributed by atoms with E-state index >= 15 is 0 Å². The Morgan fingerprint density at radius 2 is 1.88 bits per heavy atom. The topological polar surface area (TPSA) is 91.8 Å². The van der Waals surface area contributed by atoms with Crippen LogP contribution in [0, 0.1) is 5.92 Å². The summed E-state index contributed by atoms with van der Waals surface area (Å²) in [6.07, 6.45) is 2.74. The highest BCUT2D eigenvalue weighted by Crippen LogP contribution is 2.28. The molecular weight excluding hydrogens is 342 g/mol. The molecule has 25 heavy (non-hydrogen) atoms. The first-order valence-electron chi connectivity index (χ1n) is 8.55. The first-order chi connectivity index (χ1) is 11.8. The van der Waals surface area contributed by atoms with E-state index in [2.05, 4.69) is 0 Å². The summed E-state index contributed by atoms with van der Waals surface area (Å²) in [5, 5.41) is 9.02. The minimum absolute atomic E-state index is 0.00572. The lowest BCUT2D eigenvalue weighted by molar-refractivity contribution is -0.142. The van der Waals surface area contributed by atoms with Crippen molar-refractivity contribution in [3.63, 3.8) is 0 Å². The predicted octanol–water partition coefficient (Wildman–Crippen LogP) is 1.75. The fraction of sp³-hybridized carbons (Fsp3) is 0.556. The number of aryl methyl sites for hydroxylation is 1. The first kappa shape index (κ1) is 19.4. The lowest BCUT2D eigenvalue weighted by Crippen LogP contribution is -2.41. The fourth-order valence-corrected chi connectivity index (χ4v) is 3.97. The van der Waals surface area contributed by atoms with Gasteiger partial charge in [-0.2, -0.15) is 0 Å². The van der Waals surface area contributed by atoms with Gasteiger partial charge in [0.15, 0.2) is 9.84 Å². The molecule has 1 aliphatic carbocycles. The third-order valence-electron chi connectivity index (χ3n) is 4.31. The molecule has 0 aromatic heterocycles. The van der Waals surface area contributed by atoms with Crippen LogP contribution in [0.4, 0.5) is 0 Å². The van der Waals surface area contributed by atoms with Gasteiger partial charge in [-0.3, -0.25) is 9.59 Å². The number of benzene rings is 1. The van der Waals surface area contributed by atoms with Crippen LogP contribution in [0.3, 0.4) is 0 Å². The Balaban J connectivity index is 1.86. The van der Waals surface area contributed by atoms with E-state index in [1.54, 1.807) is 0 Å². The van der Waals surface area contributed by atoms with Crippen LogP contribution in [0.15, 0.2) is 30.3 Å². The van der Waals surface area contributed by atoms with Gasteiger partial charge < -0.3 is 10.0 Å². The van der Waals surface area contributed by atoms with Crippen molar-refractivity contribution in [3.05, 3.63) is 35.9 Å². The molecule has 2 rings (SSSR count). The lowest BCUT2D eigenvalue weighted by Gasteiger charge is -2.24. The predicted molar refractivity (Wildman–Crippen MR) is 95.0 cm³/mol. The zero-order valence-electron chi connectivity index (χ0n) is 14.4. The number of aliphatic carboxylic acids is 1. The standard InChI is InChI=1S/C18H25NO5S/c1-14(18(21)22)12-19(16-9-10-16)17(20)13-25(23,24)11-5-8-15-6-3-2-4-7-15/h2-4,6-7,14,16H,5,8-13H2,1H3,(H,21,22). The van der Waals surface area contributed by atoms with Crippen LogP contribution in [0.1, 0.15) is 31.7 Å². The average molecular weight is 367 g/mol. The van der Waals surface area contributed by atoms with Crippen molar-refractivity contribution in [2.45, 2.75) is 38.6 Å². The summed E-state index contributed by atoms with van der Waals surface area (Å²) >= 11 is 0.